The molecular weight excluding hydrogens is 222 g/mol. The molecule has 0 saturated heterocycles. The van der Waals surface area contributed by atoms with Crippen molar-refractivity contribution in [1.82, 2.24) is 14.9 Å². The van der Waals surface area contributed by atoms with Gasteiger partial charge in [0.2, 0.25) is 10.0 Å². The first kappa shape index (κ1) is 11.7. The summed E-state index contributed by atoms with van der Waals surface area (Å²) in [6.07, 6.45) is 2.97. The van der Waals surface area contributed by atoms with Gasteiger partial charge in [-0.3, -0.25) is 9.89 Å². The van der Waals surface area contributed by atoms with Crippen LogP contribution in [0, 0.1) is 0 Å². The topological polar surface area (TPSA) is 112 Å². The summed E-state index contributed by atoms with van der Waals surface area (Å²) in [6.45, 7) is 1.14. The van der Waals surface area contributed by atoms with E-state index in [4.69, 9.17) is 5.11 Å². The van der Waals surface area contributed by atoms with Crippen molar-refractivity contribution in [2.45, 2.75) is 18.7 Å². The maximum atomic E-state index is 11.3. The first-order valence-electron chi connectivity index (χ1n) is 4.12. The van der Waals surface area contributed by atoms with E-state index in [0.717, 1.165) is 6.92 Å². The molecular formula is C7H11N3O4S. The van der Waals surface area contributed by atoms with E-state index in [1.807, 2.05) is 0 Å². The molecule has 0 aliphatic carbocycles. The summed E-state index contributed by atoms with van der Waals surface area (Å²) in [7, 11) is -3.83. The number of nitrogens with zero attached hydrogens (tertiary/aromatic N) is 1. The van der Waals surface area contributed by atoms with Crippen molar-refractivity contribution in [3.8, 4) is 0 Å². The fraction of sp³-hybridized carbons (Fsp3) is 0.429. The molecule has 0 saturated carbocycles. The van der Waals surface area contributed by atoms with Crippen molar-refractivity contribution in [1.29, 1.82) is 0 Å². The predicted octanol–water partition coefficient (Wildman–Crippen LogP) is -0.698. The van der Waals surface area contributed by atoms with E-state index in [0.29, 0.717) is 5.56 Å². The Morgan fingerprint density at radius 2 is 2.40 bits per heavy atom. The third kappa shape index (κ3) is 3.03. The number of hydrogen-bond acceptors (Lipinski definition) is 4. The van der Waals surface area contributed by atoms with Crippen molar-refractivity contribution in [2.75, 3.05) is 0 Å². The third-order valence-corrected chi connectivity index (χ3v) is 3.52. The summed E-state index contributed by atoms with van der Waals surface area (Å²) in [4.78, 5) is 10.5. The van der Waals surface area contributed by atoms with Crippen molar-refractivity contribution >= 4 is 16.0 Å². The highest BCUT2D eigenvalue weighted by Gasteiger charge is 2.26. The predicted molar refractivity (Wildman–Crippen MR) is 51.4 cm³/mol. The first-order valence-corrected chi connectivity index (χ1v) is 5.67. The van der Waals surface area contributed by atoms with Crippen LogP contribution in [0.25, 0.3) is 0 Å². The molecule has 0 fully saturated rings. The Morgan fingerprint density at radius 1 is 1.73 bits per heavy atom. The highest BCUT2D eigenvalue weighted by atomic mass is 32.2. The summed E-state index contributed by atoms with van der Waals surface area (Å²) in [6, 6.07) is 0. The minimum atomic E-state index is -3.83. The van der Waals surface area contributed by atoms with Gasteiger partial charge in [0, 0.05) is 18.3 Å². The van der Waals surface area contributed by atoms with E-state index < -0.39 is 21.2 Å². The molecule has 0 aliphatic heterocycles. The summed E-state index contributed by atoms with van der Waals surface area (Å²) in [5.74, 6) is -1.38. The molecule has 1 rings (SSSR count). The number of nitrogens with one attached hydrogen (secondary N) is 2. The zero-order valence-electron chi connectivity index (χ0n) is 7.97. The van der Waals surface area contributed by atoms with Crippen LogP contribution in [0.1, 0.15) is 12.5 Å². The SMILES string of the molecule is CC(C(=O)O)S(=O)(=O)NCc1cn[nH]c1. The second kappa shape index (κ2) is 4.41. The lowest BCUT2D eigenvalue weighted by Gasteiger charge is -2.08. The van der Waals surface area contributed by atoms with E-state index >= 15 is 0 Å². The van der Waals surface area contributed by atoms with E-state index in [2.05, 4.69) is 14.9 Å². The Bertz CT molecular complexity index is 425. The van der Waals surface area contributed by atoms with Crippen LogP contribution in [0.2, 0.25) is 0 Å². The van der Waals surface area contributed by atoms with Crippen molar-refractivity contribution in [3.63, 3.8) is 0 Å². The number of carboxylic acids is 1. The molecule has 15 heavy (non-hydrogen) atoms. The molecule has 0 aliphatic rings. The first-order chi connectivity index (χ1) is 6.93. The van der Waals surface area contributed by atoms with Crippen LogP contribution in [-0.2, 0) is 21.4 Å². The number of aromatic amines is 1. The van der Waals surface area contributed by atoms with Crippen molar-refractivity contribution in [2.24, 2.45) is 0 Å². The normalized spacial score (nSPS) is 13.7. The third-order valence-electron chi connectivity index (χ3n) is 1.85. The maximum absolute atomic E-state index is 11.3. The second-order valence-corrected chi connectivity index (χ2v) is 5.04. The molecule has 0 amide bonds. The largest absolute Gasteiger partial charge is 0.480 e. The van der Waals surface area contributed by atoms with Crippen LogP contribution >= 0.6 is 0 Å². The van der Waals surface area contributed by atoms with E-state index in [9.17, 15) is 13.2 Å². The summed E-state index contributed by atoms with van der Waals surface area (Å²) in [5, 5.41) is 13.2. The van der Waals surface area contributed by atoms with Gasteiger partial charge < -0.3 is 5.11 Å². The molecule has 1 atom stereocenters. The molecule has 1 aromatic rings. The van der Waals surface area contributed by atoms with Gasteiger partial charge in [0.25, 0.3) is 0 Å². The number of rotatable bonds is 5. The monoisotopic (exact) mass is 233 g/mol. The number of carbonyl (C=O) groups is 1. The van der Waals surface area contributed by atoms with Crippen LogP contribution in [0.3, 0.4) is 0 Å². The van der Waals surface area contributed by atoms with Crippen LogP contribution in [0.4, 0.5) is 0 Å². The minimum Gasteiger partial charge on any atom is -0.480 e. The number of sulfonamides is 1. The molecule has 84 valence electrons. The lowest BCUT2D eigenvalue weighted by Crippen LogP contribution is -2.37. The molecule has 7 nitrogen and oxygen atoms in total. The van der Waals surface area contributed by atoms with Gasteiger partial charge in [-0.15, -0.1) is 0 Å². The molecule has 0 radical (unpaired) electrons. The van der Waals surface area contributed by atoms with Crippen molar-refractivity contribution < 1.29 is 18.3 Å². The fourth-order valence-electron chi connectivity index (χ4n) is 0.816. The number of hydrogen-bond donors (Lipinski definition) is 3. The number of H-pyrrole nitrogens is 1. The molecule has 8 heteroatoms. The van der Waals surface area contributed by atoms with Gasteiger partial charge >= 0.3 is 5.97 Å². The molecule has 1 aromatic heterocycles. The summed E-state index contributed by atoms with van der Waals surface area (Å²) in [5.41, 5.74) is 0.635. The second-order valence-electron chi connectivity index (χ2n) is 2.95. The Labute approximate surface area is 86.6 Å². The van der Waals surface area contributed by atoms with Gasteiger partial charge in [-0.2, -0.15) is 5.10 Å². The van der Waals surface area contributed by atoms with Crippen LogP contribution < -0.4 is 4.72 Å². The van der Waals surface area contributed by atoms with Gasteiger partial charge in [-0.1, -0.05) is 0 Å². The lowest BCUT2D eigenvalue weighted by atomic mass is 10.4. The highest BCUT2D eigenvalue weighted by Crippen LogP contribution is 2.01. The molecule has 0 bridgehead atoms. The Morgan fingerprint density at radius 3 is 2.87 bits per heavy atom. The van der Waals surface area contributed by atoms with Gasteiger partial charge in [0.1, 0.15) is 0 Å². The highest BCUT2D eigenvalue weighted by molar-refractivity contribution is 7.90. The number of aliphatic carboxylic acids is 1. The fourth-order valence-corrected chi connectivity index (χ4v) is 1.70. The van der Waals surface area contributed by atoms with E-state index in [1.165, 1.54) is 12.4 Å². The quantitative estimate of drug-likeness (QED) is 0.622. The van der Waals surface area contributed by atoms with Gasteiger partial charge in [0.05, 0.1) is 6.20 Å². The average molecular weight is 233 g/mol. The maximum Gasteiger partial charge on any atom is 0.323 e. The number of carboxylic acid groups (broad SMARTS) is 1. The van der Waals surface area contributed by atoms with Gasteiger partial charge in [0.15, 0.2) is 5.25 Å². The van der Waals surface area contributed by atoms with Gasteiger partial charge in [-0.25, -0.2) is 13.1 Å². The molecule has 0 spiro atoms. The van der Waals surface area contributed by atoms with E-state index in [1.54, 1.807) is 0 Å². The van der Waals surface area contributed by atoms with Crippen LogP contribution in [-0.4, -0.2) is 34.9 Å². The molecule has 1 heterocycles. The minimum absolute atomic E-state index is 0.0243. The smallest absolute Gasteiger partial charge is 0.323 e. The Kier molecular flexibility index (Phi) is 3.43. The van der Waals surface area contributed by atoms with Crippen molar-refractivity contribution in [3.05, 3.63) is 18.0 Å². The Balaban J connectivity index is 2.62. The Hall–Kier alpha value is -1.41. The molecule has 1 unspecified atom stereocenters. The average Bonchev–Trinajstić information content (AvgIpc) is 2.66. The zero-order chi connectivity index (χ0) is 11.5. The van der Waals surface area contributed by atoms with E-state index in [-0.39, 0.29) is 6.54 Å². The molecule has 0 aromatic carbocycles. The van der Waals surface area contributed by atoms with Crippen LogP contribution in [0.15, 0.2) is 12.4 Å². The standard InChI is InChI=1S/C7H11N3O4S/c1-5(7(11)12)15(13,14)10-4-6-2-8-9-3-6/h2-3,5,10H,4H2,1H3,(H,8,9)(H,11,12). The lowest BCUT2D eigenvalue weighted by molar-refractivity contribution is -0.136. The van der Waals surface area contributed by atoms with Gasteiger partial charge in [-0.05, 0) is 6.92 Å². The summed E-state index contributed by atoms with van der Waals surface area (Å²) < 4.78 is 24.9. The molecule has 3 N–H and O–H groups in total. The number of aromatic nitrogens is 2. The zero-order valence-corrected chi connectivity index (χ0v) is 8.78. The summed E-state index contributed by atoms with van der Waals surface area (Å²) >= 11 is 0. The van der Waals surface area contributed by atoms with Crippen LogP contribution in [0.5, 0.6) is 0 Å².